The molecular formula is C10H17N3O. The van der Waals surface area contributed by atoms with E-state index in [0.29, 0.717) is 0 Å². The molecule has 0 amide bonds. The zero-order valence-corrected chi connectivity index (χ0v) is 8.61. The molecule has 2 rings (SSSR count). The summed E-state index contributed by atoms with van der Waals surface area (Å²) in [6, 6.07) is 1.98. The van der Waals surface area contributed by atoms with Gasteiger partial charge in [-0.1, -0.05) is 0 Å². The fourth-order valence-electron chi connectivity index (χ4n) is 1.97. The van der Waals surface area contributed by atoms with E-state index in [9.17, 15) is 0 Å². The molecule has 0 radical (unpaired) electrons. The topological polar surface area (TPSA) is 41.3 Å². The average molecular weight is 195 g/mol. The van der Waals surface area contributed by atoms with Crippen LogP contribution >= 0.6 is 0 Å². The first-order valence-corrected chi connectivity index (χ1v) is 5.14. The highest BCUT2D eigenvalue weighted by molar-refractivity contribution is 5.09. The number of likely N-dealkylation sites (tertiary alicyclic amines) is 1. The van der Waals surface area contributed by atoms with Crippen molar-refractivity contribution in [2.45, 2.75) is 26.0 Å². The van der Waals surface area contributed by atoms with Crippen molar-refractivity contribution in [1.82, 2.24) is 14.7 Å². The van der Waals surface area contributed by atoms with Crippen LogP contribution in [0.2, 0.25) is 0 Å². The first kappa shape index (κ1) is 9.68. The second-order valence-corrected chi connectivity index (χ2v) is 3.89. The Morgan fingerprint density at radius 3 is 2.71 bits per heavy atom. The van der Waals surface area contributed by atoms with Gasteiger partial charge in [0.05, 0.1) is 18.0 Å². The highest BCUT2D eigenvalue weighted by atomic mass is 16.3. The van der Waals surface area contributed by atoms with E-state index in [1.54, 1.807) is 4.68 Å². The number of hydrogen-bond donors (Lipinski definition) is 1. The highest BCUT2D eigenvalue weighted by Crippen LogP contribution is 2.12. The van der Waals surface area contributed by atoms with Gasteiger partial charge in [0.1, 0.15) is 0 Å². The van der Waals surface area contributed by atoms with Crippen LogP contribution in [0, 0.1) is 0 Å². The lowest BCUT2D eigenvalue weighted by molar-refractivity contribution is 0.270. The van der Waals surface area contributed by atoms with Gasteiger partial charge in [0.25, 0.3) is 0 Å². The normalized spacial score (nSPS) is 17.9. The summed E-state index contributed by atoms with van der Waals surface area (Å²) in [6.45, 7) is 3.37. The minimum atomic E-state index is 0.0729. The molecule has 0 atom stereocenters. The molecule has 0 aliphatic carbocycles. The Labute approximate surface area is 84.1 Å². The minimum absolute atomic E-state index is 0.0729. The van der Waals surface area contributed by atoms with Crippen molar-refractivity contribution in [1.29, 1.82) is 0 Å². The Balaban J connectivity index is 2.01. The number of aliphatic hydroxyl groups excluding tert-OH is 1. The van der Waals surface area contributed by atoms with Crippen molar-refractivity contribution < 1.29 is 5.11 Å². The number of nitrogens with zero attached hydrogens (tertiary/aromatic N) is 3. The predicted octanol–water partition coefficient (Wildman–Crippen LogP) is 0.508. The predicted molar refractivity (Wildman–Crippen MR) is 53.6 cm³/mol. The van der Waals surface area contributed by atoms with Gasteiger partial charge >= 0.3 is 0 Å². The summed E-state index contributed by atoms with van der Waals surface area (Å²) in [4.78, 5) is 2.41. The molecule has 0 bridgehead atoms. The third-order valence-corrected chi connectivity index (χ3v) is 2.77. The van der Waals surface area contributed by atoms with Crippen molar-refractivity contribution in [3.8, 4) is 0 Å². The molecule has 4 nitrogen and oxygen atoms in total. The summed E-state index contributed by atoms with van der Waals surface area (Å²) >= 11 is 0. The van der Waals surface area contributed by atoms with E-state index in [0.717, 1.165) is 17.9 Å². The number of hydrogen-bond acceptors (Lipinski definition) is 3. The highest BCUT2D eigenvalue weighted by Gasteiger charge is 2.13. The summed E-state index contributed by atoms with van der Waals surface area (Å²) in [5.74, 6) is 0. The third kappa shape index (κ3) is 1.96. The van der Waals surface area contributed by atoms with E-state index in [4.69, 9.17) is 5.11 Å². The largest absolute Gasteiger partial charge is 0.390 e. The van der Waals surface area contributed by atoms with E-state index in [1.165, 1.54) is 25.9 Å². The maximum absolute atomic E-state index is 9.02. The number of aromatic nitrogens is 2. The van der Waals surface area contributed by atoms with Crippen molar-refractivity contribution >= 4 is 0 Å². The van der Waals surface area contributed by atoms with Gasteiger partial charge in [0.2, 0.25) is 0 Å². The van der Waals surface area contributed by atoms with Gasteiger partial charge in [-0.3, -0.25) is 9.58 Å². The van der Waals surface area contributed by atoms with Crippen molar-refractivity contribution in [3.63, 3.8) is 0 Å². The van der Waals surface area contributed by atoms with Crippen LogP contribution < -0.4 is 0 Å². The number of rotatable bonds is 3. The summed E-state index contributed by atoms with van der Waals surface area (Å²) in [6.07, 6.45) is 2.61. The van der Waals surface area contributed by atoms with Crippen molar-refractivity contribution in [3.05, 3.63) is 17.5 Å². The van der Waals surface area contributed by atoms with Crippen molar-refractivity contribution in [2.75, 3.05) is 13.1 Å². The fourth-order valence-corrected chi connectivity index (χ4v) is 1.97. The SMILES string of the molecule is Cn1nc(CN2CCCC2)cc1CO. The molecule has 2 heterocycles. The molecule has 4 heteroatoms. The van der Waals surface area contributed by atoms with Crippen LogP contribution in [-0.4, -0.2) is 32.9 Å². The van der Waals surface area contributed by atoms with Gasteiger partial charge in [-0.15, -0.1) is 0 Å². The summed E-state index contributed by atoms with van der Waals surface area (Å²) < 4.78 is 1.76. The number of aliphatic hydroxyl groups is 1. The van der Waals surface area contributed by atoms with Crippen LogP contribution in [-0.2, 0) is 20.2 Å². The fraction of sp³-hybridized carbons (Fsp3) is 0.700. The second-order valence-electron chi connectivity index (χ2n) is 3.89. The van der Waals surface area contributed by atoms with Gasteiger partial charge in [-0.2, -0.15) is 5.10 Å². The lowest BCUT2D eigenvalue weighted by atomic mass is 10.3. The summed E-state index contributed by atoms with van der Waals surface area (Å²) in [5, 5.41) is 13.4. The lowest BCUT2D eigenvalue weighted by Gasteiger charge is -2.11. The molecule has 1 fully saturated rings. The minimum Gasteiger partial charge on any atom is -0.390 e. The molecule has 0 aromatic carbocycles. The summed E-state index contributed by atoms with van der Waals surface area (Å²) in [5.41, 5.74) is 1.96. The van der Waals surface area contributed by atoms with Crippen molar-refractivity contribution in [2.24, 2.45) is 7.05 Å². The van der Waals surface area contributed by atoms with Crippen LogP contribution in [0.5, 0.6) is 0 Å². The second kappa shape index (κ2) is 4.11. The standard InChI is InChI=1S/C10H17N3O/c1-12-10(8-14)6-9(11-12)7-13-4-2-3-5-13/h6,14H,2-5,7-8H2,1H3. The third-order valence-electron chi connectivity index (χ3n) is 2.77. The smallest absolute Gasteiger partial charge is 0.0849 e. The molecule has 1 aromatic rings. The first-order valence-electron chi connectivity index (χ1n) is 5.14. The Kier molecular flexibility index (Phi) is 2.84. The molecule has 1 N–H and O–H groups in total. The molecule has 1 aromatic heterocycles. The lowest BCUT2D eigenvalue weighted by Crippen LogP contribution is -2.18. The first-order chi connectivity index (χ1) is 6.79. The van der Waals surface area contributed by atoms with Gasteiger partial charge in [0.15, 0.2) is 0 Å². The molecule has 1 saturated heterocycles. The van der Waals surface area contributed by atoms with Crippen LogP contribution in [0.15, 0.2) is 6.07 Å². The molecule has 0 unspecified atom stereocenters. The average Bonchev–Trinajstić information content (AvgIpc) is 2.76. The van der Waals surface area contributed by atoms with E-state index >= 15 is 0 Å². The van der Waals surface area contributed by atoms with Gasteiger partial charge in [-0.25, -0.2) is 0 Å². The summed E-state index contributed by atoms with van der Waals surface area (Å²) in [7, 11) is 1.87. The van der Waals surface area contributed by atoms with Gasteiger partial charge in [0, 0.05) is 13.6 Å². The van der Waals surface area contributed by atoms with E-state index in [-0.39, 0.29) is 6.61 Å². The molecule has 1 aliphatic heterocycles. The molecule has 78 valence electrons. The van der Waals surface area contributed by atoms with E-state index < -0.39 is 0 Å². The maximum atomic E-state index is 9.02. The maximum Gasteiger partial charge on any atom is 0.0849 e. The molecular weight excluding hydrogens is 178 g/mol. The Bertz CT molecular complexity index is 302. The van der Waals surface area contributed by atoms with Crippen LogP contribution in [0.3, 0.4) is 0 Å². The monoisotopic (exact) mass is 195 g/mol. The zero-order valence-electron chi connectivity index (χ0n) is 8.61. The van der Waals surface area contributed by atoms with Crippen LogP contribution in [0.4, 0.5) is 0 Å². The Morgan fingerprint density at radius 1 is 1.43 bits per heavy atom. The van der Waals surface area contributed by atoms with E-state index in [2.05, 4.69) is 10.00 Å². The Morgan fingerprint density at radius 2 is 2.14 bits per heavy atom. The van der Waals surface area contributed by atoms with Gasteiger partial charge < -0.3 is 5.11 Å². The van der Waals surface area contributed by atoms with Gasteiger partial charge in [-0.05, 0) is 32.0 Å². The Hall–Kier alpha value is -0.870. The van der Waals surface area contributed by atoms with E-state index in [1.807, 2.05) is 13.1 Å². The molecule has 1 aliphatic rings. The van der Waals surface area contributed by atoms with Crippen LogP contribution in [0.1, 0.15) is 24.2 Å². The molecule has 0 spiro atoms. The quantitative estimate of drug-likeness (QED) is 0.764. The zero-order chi connectivity index (χ0) is 9.97. The molecule has 14 heavy (non-hydrogen) atoms. The number of aryl methyl sites for hydroxylation is 1. The molecule has 0 saturated carbocycles. The van der Waals surface area contributed by atoms with Crippen LogP contribution in [0.25, 0.3) is 0 Å².